The first-order chi connectivity index (χ1) is 16.0. The lowest BCUT2D eigenvalue weighted by Crippen LogP contribution is -2.46. The van der Waals surface area contributed by atoms with Crippen molar-refractivity contribution >= 4 is 22.6 Å². The lowest BCUT2D eigenvalue weighted by Gasteiger charge is -2.36. The summed E-state index contributed by atoms with van der Waals surface area (Å²) in [6.45, 7) is 4.76. The molecule has 33 heavy (non-hydrogen) atoms. The van der Waals surface area contributed by atoms with Crippen LogP contribution in [0.25, 0.3) is 11.0 Å². The first-order valence-corrected chi connectivity index (χ1v) is 11.7. The van der Waals surface area contributed by atoms with E-state index in [2.05, 4.69) is 31.2 Å². The molecule has 2 unspecified atom stereocenters. The maximum absolute atomic E-state index is 12.4. The number of carbonyl (C=O) groups is 1. The molecule has 3 aliphatic rings. The molecule has 2 saturated heterocycles. The van der Waals surface area contributed by atoms with Crippen LogP contribution in [0.4, 0.5) is 5.69 Å². The molecule has 8 heteroatoms. The first kappa shape index (κ1) is 20.4. The van der Waals surface area contributed by atoms with E-state index in [-0.39, 0.29) is 11.5 Å². The summed E-state index contributed by atoms with van der Waals surface area (Å²) < 4.78 is 0. The van der Waals surface area contributed by atoms with Gasteiger partial charge in [-0.1, -0.05) is 0 Å². The van der Waals surface area contributed by atoms with E-state index < -0.39 is 0 Å². The minimum absolute atomic E-state index is 0.0521. The molecule has 2 N–H and O–H groups in total. The Hall–Kier alpha value is -3.26. The molecule has 5 heterocycles. The Morgan fingerprint density at radius 2 is 2.06 bits per heavy atom. The van der Waals surface area contributed by atoms with Gasteiger partial charge in [-0.3, -0.25) is 19.5 Å². The Labute approximate surface area is 192 Å². The van der Waals surface area contributed by atoms with Gasteiger partial charge in [0.1, 0.15) is 5.69 Å². The van der Waals surface area contributed by atoms with Crippen LogP contribution in [0.15, 0.2) is 29.2 Å². The number of amides is 1. The van der Waals surface area contributed by atoms with Gasteiger partial charge >= 0.3 is 0 Å². The predicted octanol–water partition coefficient (Wildman–Crippen LogP) is 1.94. The van der Waals surface area contributed by atoms with Gasteiger partial charge in [0.25, 0.3) is 11.5 Å². The van der Waals surface area contributed by atoms with E-state index in [0.29, 0.717) is 17.8 Å². The summed E-state index contributed by atoms with van der Waals surface area (Å²) in [5, 5.41) is 2.63. The quantitative estimate of drug-likeness (QED) is 0.639. The number of aromatic amines is 1. The van der Waals surface area contributed by atoms with Gasteiger partial charge in [-0.2, -0.15) is 0 Å². The SMILES string of the molecule is CNC(=O)c1ccc(N2CC3CC2CN3Cc2cnc3c4c(c(=O)[nH]c3c2)CCC4)c(C)n1. The van der Waals surface area contributed by atoms with Crippen LogP contribution < -0.4 is 15.8 Å². The number of piperazine rings is 1. The molecule has 1 amide bonds. The molecule has 1 aliphatic carbocycles. The number of hydrogen-bond acceptors (Lipinski definition) is 6. The molecule has 2 atom stereocenters. The summed E-state index contributed by atoms with van der Waals surface area (Å²) in [6, 6.07) is 6.86. The Kier molecular flexibility index (Phi) is 4.72. The zero-order chi connectivity index (χ0) is 22.7. The largest absolute Gasteiger partial charge is 0.364 e. The van der Waals surface area contributed by atoms with E-state index >= 15 is 0 Å². The minimum Gasteiger partial charge on any atom is -0.364 e. The summed E-state index contributed by atoms with van der Waals surface area (Å²) in [4.78, 5) is 41.6. The van der Waals surface area contributed by atoms with Crippen molar-refractivity contribution in [3.63, 3.8) is 0 Å². The summed E-state index contributed by atoms with van der Waals surface area (Å²) in [5.41, 5.74) is 7.55. The van der Waals surface area contributed by atoms with E-state index in [1.165, 1.54) is 0 Å². The third-order valence-electron chi connectivity index (χ3n) is 7.54. The molecule has 6 rings (SSSR count). The second kappa shape index (κ2) is 7.66. The number of carbonyl (C=O) groups excluding carboxylic acids is 1. The molecule has 2 aliphatic heterocycles. The molecular formula is C25H28N6O2. The fraction of sp³-hybridized carbons (Fsp3) is 0.440. The molecule has 2 bridgehead atoms. The number of aryl methyl sites for hydroxylation is 2. The number of rotatable bonds is 4. The highest BCUT2D eigenvalue weighted by atomic mass is 16.1. The number of nitrogens with one attached hydrogen (secondary N) is 2. The Morgan fingerprint density at radius 1 is 1.21 bits per heavy atom. The van der Waals surface area contributed by atoms with Gasteiger partial charge in [0.2, 0.25) is 0 Å². The molecule has 0 saturated carbocycles. The first-order valence-electron chi connectivity index (χ1n) is 11.7. The van der Waals surface area contributed by atoms with Crippen LogP contribution in [-0.4, -0.2) is 58.0 Å². The van der Waals surface area contributed by atoms with Crippen molar-refractivity contribution in [1.29, 1.82) is 0 Å². The van der Waals surface area contributed by atoms with Gasteiger partial charge < -0.3 is 15.2 Å². The standard InChI is InChI=1S/C25H28N6O2/c1-14-22(7-6-20(28-14)25(33)26-2)31-13-16-9-17(31)12-30(16)11-15-8-21-23(27-10-15)18-4-3-5-19(18)24(32)29-21/h6-8,10,16-17H,3-5,9,11-13H2,1-2H3,(H,26,33)(H,29,32). The monoisotopic (exact) mass is 444 g/mol. The van der Waals surface area contributed by atoms with Crippen LogP contribution in [0.2, 0.25) is 0 Å². The normalized spacial score (nSPS) is 21.7. The molecule has 0 spiro atoms. The molecule has 2 fully saturated rings. The van der Waals surface area contributed by atoms with E-state index in [4.69, 9.17) is 4.98 Å². The third-order valence-corrected chi connectivity index (χ3v) is 7.54. The summed E-state index contributed by atoms with van der Waals surface area (Å²) in [5.74, 6) is -0.158. The predicted molar refractivity (Wildman–Crippen MR) is 127 cm³/mol. The summed E-state index contributed by atoms with van der Waals surface area (Å²) in [7, 11) is 1.62. The van der Waals surface area contributed by atoms with Gasteiger partial charge in [-0.15, -0.1) is 0 Å². The van der Waals surface area contributed by atoms with E-state index in [1.54, 1.807) is 7.05 Å². The number of anilines is 1. The van der Waals surface area contributed by atoms with Crippen LogP contribution in [0.5, 0.6) is 0 Å². The average molecular weight is 445 g/mol. The topological polar surface area (TPSA) is 94.2 Å². The van der Waals surface area contributed by atoms with Crippen molar-refractivity contribution in [2.75, 3.05) is 25.0 Å². The van der Waals surface area contributed by atoms with E-state index in [1.807, 2.05) is 25.3 Å². The molecule has 3 aromatic rings. The highest BCUT2D eigenvalue weighted by molar-refractivity contribution is 5.92. The summed E-state index contributed by atoms with van der Waals surface area (Å²) >= 11 is 0. The number of fused-ring (bicyclic) bond motifs is 5. The van der Waals surface area contributed by atoms with Crippen LogP contribution in [0.1, 0.15) is 45.7 Å². The third kappa shape index (κ3) is 3.31. The Bertz CT molecular complexity index is 1330. The minimum atomic E-state index is -0.158. The van der Waals surface area contributed by atoms with Gasteiger partial charge in [0.05, 0.1) is 22.4 Å². The molecule has 0 radical (unpaired) electrons. The van der Waals surface area contributed by atoms with Crippen molar-refractivity contribution in [2.45, 2.75) is 51.2 Å². The van der Waals surface area contributed by atoms with E-state index in [0.717, 1.165) is 84.4 Å². The fourth-order valence-electron chi connectivity index (χ4n) is 5.97. The zero-order valence-corrected chi connectivity index (χ0v) is 19.0. The van der Waals surface area contributed by atoms with Crippen molar-refractivity contribution in [1.82, 2.24) is 25.2 Å². The van der Waals surface area contributed by atoms with Gasteiger partial charge in [-0.25, -0.2) is 4.98 Å². The maximum atomic E-state index is 12.4. The van der Waals surface area contributed by atoms with Crippen molar-refractivity contribution in [3.8, 4) is 0 Å². The highest BCUT2D eigenvalue weighted by Gasteiger charge is 2.43. The van der Waals surface area contributed by atoms with Crippen LogP contribution in [0.3, 0.4) is 0 Å². The number of nitrogens with zero attached hydrogens (tertiary/aromatic N) is 4. The lowest BCUT2D eigenvalue weighted by atomic mass is 10.1. The second-order valence-corrected chi connectivity index (χ2v) is 9.51. The Balaban J connectivity index is 1.19. The second-order valence-electron chi connectivity index (χ2n) is 9.51. The summed E-state index contributed by atoms with van der Waals surface area (Å²) in [6.07, 6.45) is 5.96. The van der Waals surface area contributed by atoms with Gasteiger partial charge in [-0.05, 0) is 61.9 Å². The highest BCUT2D eigenvalue weighted by Crippen LogP contribution is 2.36. The van der Waals surface area contributed by atoms with Gasteiger partial charge in [0.15, 0.2) is 0 Å². The molecule has 3 aromatic heterocycles. The molecule has 8 nitrogen and oxygen atoms in total. The van der Waals surface area contributed by atoms with Crippen LogP contribution in [0, 0.1) is 6.92 Å². The molecule has 0 aromatic carbocycles. The molecule has 170 valence electrons. The van der Waals surface area contributed by atoms with Gasteiger partial charge in [0, 0.05) is 50.5 Å². The Morgan fingerprint density at radius 3 is 2.82 bits per heavy atom. The average Bonchev–Trinajstić information content (AvgIpc) is 3.54. The number of H-pyrrole nitrogens is 1. The maximum Gasteiger partial charge on any atom is 0.269 e. The lowest BCUT2D eigenvalue weighted by molar-refractivity contribution is 0.0958. The number of hydrogen-bond donors (Lipinski definition) is 2. The number of likely N-dealkylation sites (tertiary alicyclic amines) is 1. The fourth-order valence-corrected chi connectivity index (χ4v) is 5.97. The molecular weight excluding hydrogens is 416 g/mol. The van der Waals surface area contributed by atoms with Crippen molar-refractivity contribution in [2.24, 2.45) is 0 Å². The van der Waals surface area contributed by atoms with E-state index in [9.17, 15) is 9.59 Å². The number of pyridine rings is 3. The number of aromatic nitrogens is 3. The smallest absolute Gasteiger partial charge is 0.269 e. The van der Waals surface area contributed by atoms with Crippen molar-refractivity contribution in [3.05, 3.63) is 62.8 Å². The van der Waals surface area contributed by atoms with Crippen LogP contribution in [-0.2, 0) is 19.4 Å². The van der Waals surface area contributed by atoms with Crippen molar-refractivity contribution < 1.29 is 4.79 Å². The zero-order valence-electron chi connectivity index (χ0n) is 19.0. The van der Waals surface area contributed by atoms with Crippen LogP contribution >= 0.6 is 0 Å².